The molecule has 4 nitrogen and oxygen atoms in total. The lowest BCUT2D eigenvalue weighted by Crippen LogP contribution is -2.21. The lowest BCUT2D eigenvalue weighted by Gasteiger charge is -1.97. The van der Waals surface area contributed by atoms with Crippen LogP contribution in [0.25, 0.3) is 0 Å². The van der Waals surface area contributed by atoms with E-state index < -0.39 is 12.1 Å². The molecule has 0 atom stereocenters. The highest BCUT2D eigenvalue weighted by Gasteiger charge is 2.38. The highest BCUT2D eigenvalue weighted by Crippen LogP contribution is 2.13. The van der Waals surface area contributed by atoms with Gasteiger partial charge in [-0.2, -0.15) is 13.2 Å². The Morgan fingerprint density at radius 2 is 2.06 bits per heavy atom. The lowest BCUT2D eigenvalue weighted by atomic mass is 10.2. The van der Waals surface area contributed by atoms with Gasteiger partial charge in [-0.05, 0) is 18.1 Å². The molecule has 7 heteroatoms. The fourth-order valence-corrected chi connectivity index (χ4v) is 0.757. The number of alkyl halides is 3. The average Bonchev–Trinajstić information content (AvgIpc) is 2.18. The van der Waals surface area contributed by atoms with Gasteiger partial charge in [0.15, 0.2) is 0 Å². The number of pyridine rings is 1. The van der Waals surface area contributed by atoms with Crippen LogP contribution in [0.3, 0.4) is 0 Å². The summed E-state index contributed by atoms with van der Waals surface area (Å²) in [6.07, 6.45) is -0.664. The van der Waals surface area contributed by atoms with Gasteiger partial charge in [-0.15, -0.1) is 0 Å². The minimum atomic E-state index is -5.08. The number of carboxylic acids is 1. The maximum absolute atomic E-state index is 10.6. The molecular formula is C9H11F3N2O2. The normalized spacial score (nSPS) is 10.2. The number of halogens is 3. The third-order valence-corrected chi connectivity index (χ3v) is 1.57. The molecule has 3 N–H and O–H groups in total. The molecule has 0 spiro atoms. The number of nitrogen functional groups attached to an aromatic ring is 1. The van der Waals surface area contributed by atoms with E-state index >= 15 is 0 Å². The van der Waals surface area contributed by atoms with Gasteiger partial charge in [0, 0.05) is 6.20 Å². The van der Waals surface area contributed by atoms with Gasteiger partial charge in [-0.25, -0.2) is 4.79 Å². The number of carboxylic acid groups (broad SMARTS) is 1. The van der Waals surface area contributed by atoms with Crippen LogP contribution in [0.5, 0.6) is 0 Å². The van der Waals surface area contributed by atoms with Gasteiger partial charge in [0.05, 0.1) is 11.9 Å². The van der Waals surface area contributed by atoms with Crippen LogP contribution in [0.15, 0.2) is 18.5 Å². The summed E-state index contributed by atoms with van der Waals surface area (Å²) >= 11 is 0. The maximum atomic E-state index is 10.6. The van der Waals surface area contributed by atoms with Gasteiger partial charge >= 0.3 is 12.1 Å². The van der Waals surface area contributed by atoms with Crippen LogP contribution in [0.1, 0.15) is 12.5 Å². The second-order valence-corrected chi connectivity index (χ2v) is 2.73. The second kappa shape index (κ2) is 5.94. The number of carbonyl (C=O) groups is 1. The molecule has 0 aliphatic heterocycles. The highest BCUT2D eigenvalue weighted by atomic mass is 19.4. The molecule has 1 aromatic heterocycles. The molecule has 90 valence electrons. The van der Waals surface area contributed by atoms with E-state index in [0.717, 1.165) is 12.1 Å². The standard InChI is InChI=1S/C7H10N2.C2HF3O2/c1-2-6-3-4-9-5-7(6)8;3-2(4,5)1(6)7/h3-5H,2,8H2,1H3;(H,6,7). The predicted molar refractivity (Wildman–Crippen MR) is 51.7 cm³/mol. The summed E-state index contributed by atoms with van der Waals surface area (Å²) in [4.78, 5) is 12.8. The Labute approximate surface area is 89.9 Å². The van der Waals surface area contributed by atoms with E-state index in [-0.39, 0.29) is 0 Å². The summed E-state index contributed by atoms with van der Waals surface area (Å²) in [6.45, 7) is 2.08. The van der Waals surface area contributed by atoms with Gasteiger partial charge in [0.1, 0.15) is 0 Å². The van der Waals surface area contributed by atoms with Gasteiger partial charge < -0.3 is 10.8 Å². The first-order chi connectivity index (χ1) is 7.29. The smallest absolute Gasteiger partial charge is 0.475 e. The summed E-state index contributed by atoms with van der Waals surface area (Å²) < 4.78 is 31.7. The molecule has 1 heterocycles. The number of aromatic nitrogens is 1. The van der Waals surface area contributed by atoms with E-state index in [9.17, 15) is 13.2 Å². The molecule has 0 unspecified atom stereocenters. The Morgan fingerprint density at radius 1 is 1.56 bits per heavy atom. The molecule has 1 rings (SSSR count). The first-order valence-corrected chi connectivity index (χ1v) is 4.27. The van der Waals surface area contributed by atoms with Gasteiger partial charge in [0.25, 0.3) is 0 Å². The van der Waals surface area contributed by atoms with Crippen molar-refractivity contribution >= 4 is 11.7 Å². The highest BCUT2D eigenvalue weighted by molar-refractivity contribution is 5.73. The average molecular weight is 236 g/mol. The molecule has 1 aromatic rings. The van der Waals surface area contributed by atoms with E-state index in [0.29, 0.717) is 0 Å². The van der Waals surface area contributed by atoms with E-state index in [1.165, 1.54) is 5.56 Å². The predicted octanol–water partition coefficient (Wildman–Crippen LogP) is 1.86. The Kier molecular flexibility index (Phi) is 5.27. The Hall–Kier alpha value is -1.79. The quantitative estimate of drug-likeness (QED) is 0.780. The van der Waals surface area contributed by atoms with Gasteiger partial charge in [-0.1, -0.05) is 6.92 Å². The summed E-state index contributed by atoms with van der Waals surface area (Å²) in [5, 5.41) is 7.12. The summed E-state index contributed by atoms with van der Waals surface area (Å²) in [5.41, 5.74) is 7.53. The Morgan fingerprint density at radius 3 is 2.31 bits per heavy atom. The van der Waals surface area contributed by atoms with Gasteiger partial charge in [0.2, 0.25) is 0 Å². The number of nitrogens with two attached hydrogens (primary N) is 1. The van der Waals surface area contributed by atoms with Crippen molar-refractivity contribution in [2.24, 2.45) is 0 Å². The van der Waals surface area contributed by atoms with Crippen LogP contribution >= 0.6 is 0 Å². The van der Waals surface area contributed by atoms with E-state index in [1.807, 2.05) is 6.07 Å². The third-order valence-electron chi connectivity index (χ3n) is 1.57. The zero-order valence-corrected chi connectivity index (χ0v) is 8.45. The molecule has 0 aliphatic carbocycles. The number of nitrogens with zero attached hydrogens (tertiary/aromatic N) is 1. The molecule has 0 amide bonds. The van der Waals surface area contributed by atoms with Crippen molar-refractivity contribution in [3.63, 3.8) is 0 Å². The molecule has 0 aromatic carbocycles. The van der Waals surface area contributed by atoms with Crippen LogP contribution < -0.4 is 5.73 Å². The number of anilines is 1. The summed E-state index contributed by atoms with van der Waals surface area (Å²) in [5.74, 6) is -2.76. The number of rotatable bonds is 1. The lowest BCUT2D eigenvalue weighted by molar-refractivity contribution is -0.192. The topological polar surface area (TPSA) is 76.2 Å². The molecule has 0 radical (unpaired) electrons. The zero-order chi connectivity index (χ0) is 12.8. The van der Waals surface area contributed by atoms with Crippen LogP contribution in [0.4, 0.5) is 18.9 Å². The third kappa shape index (κ3) is 5.18. The van der Waals surface area contributed by atoms with Crippen molar-refractivity contribution in [3.8, 4) is 0 Å². The first kappa shape index (κ1) is 14.2. The minimum absolute atomic E-state index is 0.792. The van der Waals surface area contributed by atoms with Crippen molar-refractivity contribution in [2.75, 3.05) is 5.73 Å². The van der Waals surface area contributed by atoms with Crippen LogP contribution in [-0.4, -0.2) is 22.2 Å². The van der Waals surface area contributed by atoms with Crippen molar-refractivity contribution in [2.45, 2.75) is 19.5 Å². The fourth-order valence-electron chi connectivity index (χ4n) is 0.757. The molecule has 0 saturated carbocycles. The van der Waals surface area contributed by atoms with E-state index in [2.05, 4.69) is 11.9 Å². The molecule has 0 aliphatic rings. The maximum Gasteiger partial charge on any atom is 0.490 e. The van der Waals surface area contributed by atoms with E-state index in [1.54, 1.807) is 12.4 Å². The SMILES string of the molecule is CCc1ccncc1N.O=C(O)C(F)(F)F. The molecular weight excluding hydrogens is 225 g/mol. The Bertz CT molecular complexity index is 353. The number of hydrogen-bond donors (Lipinski definition) is 2. The second-order valence-electron chi connectivity index (χ2n) is 2.73. The fraction of sp³-hybridized carbons (Fsp3) is 0.333. The molecule has 0 bridgehead atoms. The van der Waals surface area contributed by atoms with Crippen molar-refractivity contribution in [3.05, 3.63) is 24.0 Å². The van der Waals surface area contributed by atoms with Crippen molar-refractivity contribution in [1.82, 2.24) is 4.98 Å². The van der Waals surface area contributed by atoms with Gasteiger partial charge in [-0.3, -0.25) is 4.98 Å². The number of aliphatic carboxylic acids is 1. The first-order valence-electron chi connectivity index (χ1n) is 4.27. The molecule has 0 fully saturated rings. The van der Waals surface area contributed by atoms with Crippen LogP contribution in [-0.2, 0) is 11.2 Å². The summed E-state index contributed by atoms with van der Waals surface area (Å²) in [7, 11) is 0. The molecule has 0 saturated heterocycles. The van der Waals surface area contributed by atoms with Crippen molar-refractivity contribution in [1.29, 1.82) is 0 Å². The number of aryl methyl sites for hydroxylation is 1. The zero-order valence-electron chi connectivity index (χ0n) is 8.45. The largest absolute Gasteiger partial charge is 0.490 e. The molecule has 16 heavy (non-hydrogen) atoms. The van der Waals surface area contributed by atoms with E-state index in [4.69, 9.17) is 15.6 Å². The van der Waals surface area contributed by atoms with Crippen LogP contribution in [0, 0.1) is 0 Å². The monoisotopic (exact) mass is 236 g/mol. The summed E-state index contributed by atoms with van der Waals surface area (Å²) in [6, 6.07) is 1.94. The minimum Gasteiger partial charge on any atom is -0.475 e. The van der Waals surface area contributed by atoms with Crippen molar-refractivity contribution < 1.29 is 23.1 Å². The Balaban J connectivity index is 0.000000293. The number of hydrogen-bond acceptors (Lipinski definition) is 3. The van der Waals surface area contributed by atoms with Crippen LogP contribution in [0.2, 0.25) is 0 Å².